The van der Waals surface area contributed by atoms with Crippen molar-refractivity contribution in [1.29, 1.82) is 0 Å². The lowest BCUT2D eigenvalue weighted by molar-refractivity contribution is 0.0884. The molecule has 2 heterocycles. The predicted molar refractivity (Wildman–Crippen MR) is 91.5 cm³/mol. The molecule has 8 heteroatoms. The van der Waals surface area contributed by atoms with Gasteiger partial charge in [0.15, 0.2) is 0 Å². The van der Waals surface area contributed by atoms with Crippen LogP contribution in [0.2, 0.25) is 0 Å². The van der Waals surface area contributed by atoms with Crippen molar-refractivity contribution in [1.82, 2.24) is 15.6 Å². The van der Waals surface area contributed by atoms with Crippen LogP contribution < -0.4 is 10.1 Å². The maximum Gasteiger partial charge on any atom is 0.290 e. The highest BCUT2D eigenvalue weighted by atomic mass is 16.5. The lowest BCUT2D eigenvalue weighted by Gasteiger charge is -2.07. The zero-order valence-electron chi connectivity index (χ0n) is 14.4. The molecule has 1 amide bonds. The van der Waals surface area contributed by atoms with E-state index < -0.39 is 5.91 Å². The molecule has 3 aromatic rings. The molecule has 0 aliphatic rings. The van der Waals surface area contributed by atoms with Crippen LogP contribution in [-0.2, 0) is 6.61 Å². The summed E-state index contributed by atoms with van der Waals surface area (Å²) in [6.45, 7) is 3.47. The molecule has 0 unspecified atom stereocenters. The molecule has 3 rings (SSSR count). The van der Waals surface area contributed by atoms with Gasteiger partial charge in [-0.15, -0.1) is 0 Å². The monoisotopic (exact) mass is 357 g/mol. The number of benzene rings is 1. The Kier molecular flexibility index (Phi) is 5.33. The van der Waals surface area contributed by atoms with E-state index in [-0.39, 0.29) is 30.9 Å². The first-order chi connectivity index (χ1) is 12.6. The van der Waals surface area contributed by atoms with Gasteiger partial charge < -0.3 is 24.2 Å². The Morgan fingerprint density at radius 3 is 2.77 bits per heavy atom. The van der Waals surface area contributed by atoms with Crippen molar-refractivity contribution in [3.63, 3.8) is 0 Å². The van der Waals surface area contributed by atoms with Gasteiger partial charge in [-0.25, -0.2) is 0 Å². The average molecular weight is 357 g/mol. The molecule has 0 saturated heterocycles. The van der Waals surface area contributed by atoms with Crippen LogP contribution in [0.25, 0.3) is 11.3 Å². The van der Waals surface area contributed by atoms with Gasteiger partial charge in [-0.1, -0.05) is 35.5 Å². The number of rotatable bonds is 7. The van der Waals surface area contributed by atoms with Gasteiger partial charge in [0.05, 0.1) is 18.2 Å². The maximum absolute atomic E-state index is 11.9. The summed E-state index contributed by atoms with van der Waals surface area (Å²) in [4.78, 5) is 11.9. The summed E-state index contributed by atoms with van der Waals surface area (Å²) < 4.78 is 15.9. The van der Waals surface area contributed by atoms with Gasteiger partial charge in [-0.3, -0.25) is 4.79 Å². The number of aliphatic hydroxyl groups excluding tert-OH is 1. The van der Waals surface area contributed by atoms with Crippen LogP contribution in [-0.4, -0.2) is 34.0 Å². The van der Waals surface area contributed by atoms with Gasteiger partial charge in [0.1, 0.15) is 18.1 Å². The molecule has 0 saturated carbocycles. The largest absolute Gasteiger partial charge is 0.470 e. The fourth-order valence-corrected chi connectivity index (χ4v) is 2.30. The highest BCUT2D eigenvalue weighted by Gasteiger charge is 2.18. The Hall–Kier alpha value is -3.13. The number of amides is 1. The van der Waals surface area contributed by atoms with E-state index in [2.05, 4.69) is 15.6 Å². The van der Waals surface area contributed by atoms with Crippen LogP contribution in [0.5, 0.6) is 5.88 Å². The van der Waals surface area contributed by atoms with Gasteiger partial charge in [0, 0.05) is 11.6 Å². The van der Waals surface area contributed by atoms with Gasteiger partial charge in [-0.05, 0) is 19.0 Å². The first-order valence-corrected chi connectivity index (χ1v) is 8.10. The summed E-state index contributed by atoms with van der Waals surface area (Å²) in [7, 11) is 0. The van der Waals surface area contributed by atoms with Crippen LogP contribution in [0.1, 0.15) is 28.8 Å². The molecule has 1 aromatic carbocycles. The molecule has 0 spiro atoms. The van der Waals surface area contributed by atoms with E-state index >= 15 is 0 Å². The molecule has 0 bridgehead atoms. The van der Waals surface area contributed by atoms with Crippen molar-refractivity contribution < 1.29 is 23.7 Å². The van der Waals surface area contributed by atoms with Crippen LogP contribution in [0, 0.1) is 6.92 Å². The summed E-state index contributed by atoms with van der Waals surface area (Å²) in [6, 6.07) is 10.6. The molecule has 8 nitrogen and oxygen atoms in total. The molecule has 136 valence electrons. The number of carbonyl (C=O) groups excluding carboxylic acids is 1. The quantitative estimate of drug-likeness (QED) is 0.667. The number of nitrogens with one attached hydrogen (secondary N) is 1. The van der Waals surface area contributed by atoms with Crippen LogP contribution in [0.4, 0.5) is 0 Å². The molecule has 2 N–H and O–H groups in total. The molecule has 1 atom stereocenters. The Balaban J connectivity index is 1.69. The van der Waals surface area contributed by atoms with Crippen molar-refractivity contribution in [2.45, 2.75) is 26.5 Å². The number of carbonyl (C=O) groups is 1. The Morgan fingerprint density at radius 2 is 2.04 bits per heavy atom. The van der Waals surface area contributed by atoms with E-state index in [9.17, 15) is 4.79 Å². The fraction of sp³-hybridized carbons (Fsp3) is 0.278. The molecular weight excluding hydrogens is 338 g/mol. The second kappa shape index (κ2) is 7.83. The second-order valence-corrected chi connectivity index (χ2v) is 5.81. The molecule has 2 aromatic heterocycles. The molecule has 0 aliphatic carbocycles. The van der Waals surface area contributed by atoms with Crippen LogP contribution >= 0.6 is 0 Å². The molecule has 0 radical (unpaired) electrons. The van der Waals surface area contributed by atoms with Crippen molar-refractivity contribution in [3.05, 3.63) is 53.5 Å². The number of aromatic nitrogens is 2. The third-order valence-corrected chi connectivity index (χ3v) is 3.76. The lowest BCUT2D eigenvalue weighted by Crippen LogP contribution is -2.34. The number of aliphatic hydroxyl groups is 1. The molecule has 26 heavy (non-hydrogen) atoms. The molecule has 0 fully saturated rings. The Morgan fingerprint density at radius 1 is 1.27 bits per heavy atom. The topological polar surface area (TPSA) is 111 Å². The van der Waals surface area contributed by atoms with Crippen LogP contribution in [0.3, 0.4) is 0 Å². The van der Waals surface area contributed by atoms with Gasteiger partial charge in [0.2, 0.25) is 5.76 Å². The lowest BCUT2D eigenvalue weighted by atomic mass is 10.1. The average Bonchev–Trinajstić information content (AvgIpc) is 3.27. The molecular formula is C18H19N3O5. The summed E-state index contributed by atoms with van der Waals surface area (Å²) in [6.07, 6.45) is 0. The fourth-order valence-electron chi connectivity index (χ4n) is 2.30. The van der Waals surface area contributed by atoms with Crippen molar-refractivity contribution in [2.24, 2.45) is 0 Å². The van der Waals surface area contributed by atoms with Gasteiger partial charge >= 0.3 is 0 Å². The number of aryl methyl sites for hydroxylation is 1. The van der Waals surface area contributed by atoms with Crippen molar-refractivity contribution >= 4 is 5.91 Å². The third-order valence-electron chi connectivity index (χ3n) is 3.76. The van der Waals surface area contributed by atoms with Gasteiger partial charge in [0.25, 0.3) is 11.8 Å². The third kappa shape index (κ3) is 3.92. The second-order valence-electron chi connectivity index (χ2n) is 5.81. The zero-order chi connectivity index (χ0) is 18.5. The van der Waals surface area contributed by atoms with Gasteiger partial charge in [-0.2, -0.15) is 0 Å². The van der Waals surface area contributed by atoms with Crippen molar-refractivity contribution in [3.8, 4) is 17.1 Å². The zero-order valence-corrected chi connectivity index (χ0v) is 14.4. The minimum Gasteiger partial charge on any atom is -0.470 e. The normalized spacial score (nSPS) is 12.0. The highest BCUT2D eigenvalue weighted by Crippen LogP contribution is 2.26. The smallest absolute Gasteiger partial charge is 0.290 e. The Bertz CT molecular complexity index is 872. The summed E-state index contributed by atoms with van der Waals surface area (Å²) in [5, 5.41) is 19.4. The van der Waals surface area contributed by atoms with E-state index in [1.807, 2.05) is 30.3 Å². The summed E-state index contributed by atoms with van der Waals surface area (Å²) in [5.41, 5.74) is 2.40. The highest BCUT2D eigenvalue weighted by molar-refractivity contribution is 5.91. The minimum atomic E-state index is -0.472. The van der Waals surface area contributed by atoms with E-state index in [1.54, 1.807) is 13.8 Å². The van der Waals surface area contributed by atoms with E-state index in [1.165, 1.54) is 6.07 Å². The van der Waals surface area contributed by atoms with Crippen molar-refractivity contribution in [2.75, 3.05) is 6.61 Å². The number of nitrogens with zero attached hydrogens (tertiary/aromatic N) is 2. The number of ether oxygens (including phenoxy) is 1. The summed E-state index contributed by atoms with van der Waals surface area (Å²) >= 11 is 0. The number of hydrogen-bond acceptors (Lipinski definition) is 7. The predicted octanol–water partition coefficient (Wildman–Crippen LogP) is 2.33. The Labute approximate surface area is 149 Å². The first kappa shape index (κ1) is 17.7. The first-order valence-electron chi connectivity index (χ1n) is 8.10. The van der Waals surface area contributed by atoms with E-state index in [0.717, 1.165) is 11.1 Å². The summed E-state index contributed by atoms with van der Waals surface area (Å²) in [5.74, 6) is 0.346. The minimum absolute atomic E-state index is 0.00521. The van der Waals surface area contributed by atoms with E-state index in [4.69, 9.17) is 18.9 Å². The van der Waals surface area contributed by atoms with Crippen LogP contribution in [0.15, 0.2) is 45.4 Å². The molecule has 0 aliphatic heterocycles. The SMILES string of the molecule is Cc1onc(-c2ccccc2)c1COc1cc(C(=O)N[C@@H](C)CO)on1. The maximum atomic E-state index is 11.9. The number of hydrogen-bond donors (Lipinski definition) is 2. The van der Waals surface area contributed by atoms with E-state index in [0.29, 0.717) is 11.5 Å². The standard InChI is InChI=1S/C18H19N3O5/c1-11(9-22)19-18(23)15-8-16(20-26-15)24-10-14-12(2)25-21-17(14)13-6-4-3-5-7-13/h3-8,11,22H,9-10H2,1-2H3,(H,19,23)/t11-/m0/s1.